The number of rotatable bonds is 7. The second-order valence-corrected chi connectivity index (χ2v) is 5.86. The zero-order chi connectivity index (χ0) is 20.0. The monoisotopic (exact) mass is 377 g/mol. The van der Waals surface area contributed by atoms with Crippen LogP contribution in [0.2, 0.25) is 0 Å². The van der Waals surface area contributed by atoms with E-state index in [-0.39, 0.29) is 28.8 Å². The number of urea groups is 1. The summed E-state index contributed by atoms with van der Waals surface area (Å²) >= 11 is 0. The minimum Gasteiger partial charge on any atom is -0.457 e. The SMILES string of the molecule is CCC(CC)NC(=O)Nc1ccc(Oc2ccc(C(N)=O)c(F)c2)cc1F. The number of ether oxygens (including phenoxy) is 1. The highest BCUT2D eigenvalue weighted by Crippen LogP contribution is 2.27. The van der Waals surface area contributed by atoms with Crippen molar-refractivity contribution in [1.29, 1.82) is 0 Å². The van der Waals surface area contributed by atoms with Crippen LogP contribution in [0.4, 0.5) is 19.3 Å². The zero-order valence-corrected chi connectivity index (χ0v) is 15.0. The number of hydrogen-bond acceptors (Lipinski definition) is 3. The van der Waals surface area contributed by atoms with Gasteiger partial charge in [0.15, 0.2) is 0 Å². The fourth-order valence-corrected chi connectivity index (χ4v) is 2.39. The fraction of sp³-hybridized carbons (Fsp3) is 0.263. The number of anilines is 1. The van der Waals surface area contributed by atoms with Gasteiger partial charge in [-0.15, -0.1) is 0 Å². The topological polar surface area (TPSA) is 93.4 Å². The molecule has 27 heavy (non-hydrogen) atoms. The quantitative estimate of drug-likeness (QED) is 0.676. The van der Waals surface area contributed by atoms with Gasteiger partial charge < -0.3 is 21.1 Å². The van der Waals surface area contributed by atoms with Gasteiger partial charge in [0.05, 0.1) is 11.3 Å². The van der Waals surface area contributed by atoms with E-state index >= 15 is 0 Å². The first-order valence-corrected chi connectivity index (χ1v) is 8.48. The molecule has 0 spiro atoms. The third-order valence-corrected chi connectivity index (χ3v) is 3.95. The molecule has 0 bridgehead atoms. The summed E-state index contributed by atoms with van der Waals surface area (Å²) < 4.78 is 33.3. The van der Waals surface area contributed by atoms with E-state index in [2.05, 4.69) is 10.6 Å². The van der Waals surface area contributed by atoms with Gasteiger partial charge in [-0.05, 0) is 37.1 Å². The van der Waals surface area contributed by atoms with Gasteiger partial charge in [0.25, 0.3) is 5.91 Å². The highest BCUT2D eigenvalue weighted by Gasteiger charge is 2.13. The maximum absolute atomic E-state index is 14.2. The molecule has 3 amide bonds. The second-order valence-electron chi connectivity index (χ2n) is 5.86. The standard InChI is InChI=1S/C19H21F2N3O3/c1-3-11(4-2)23-19(26)24-17-8-6-13(10-16(17)21)27-12-5-7-14(18(22)25)15(20)9-12/h5-11H,3-4H2,1-2H3,(H2,22,25)(H2,23,24,26). The molecule has 0 unspecified atom stereocenters. The summed E-state index contributed by atoms with van der Waals surface area (Å²) in [4.78, 5) is 22.9. The van der Waals surface area contributed by atoms with Gasteiger partial charge in [-0.2, -0.15) is 0 Å². The predicted molar refractivity (Wildman–Crippen MR) is 97.9 cm³/mol. The van der Waals surface area contributed by atoms with Crippen molar-refractivity contribution in [3.8, 4) is 11.5 Å². The lowest BCUT2D eigenvalue weighted by atomic mass is 10.2. The summed E-state index contributed by atoms with van der Waals surface area (Å²) in [6.45, 7) is 3.89. The second kappa shape index (κ2) is 8.98. The third-order valence-electron chi connectivity index (χ3n) is 3.95. The molecule has 0 fully saturated rings. The Morgan fingerprint density at radius 3 is 2.15 bits per heavy atom. The number of nitrogens with one attached hydrogen (secondary N) is 2. The van der Waals surface area contributed by atoms with E-state index < -0.39 is 23.6 Å². The van der Waals surface area contributed by atoms with Crippen LogP contribution >= 0.6 is 0 Å². The molecule has 2 rings (SSSR count). The molecule has 0 aliphatic rings. The number of halogens is 2. The molecule has 0 atom stereocenters. The van der Waals surface area contributed by atoms with E-state index in [9.17, 15) is 18.4 Å². The van der Waals surface area contributed by atoms with E-state index in [4.69, 9.17) is 10.5 Å². The third kappa shape index (κ3) is 5.40. The highest BCUT2D eigenvalue weighted by molar-refractivity contribution is 5.93. The largest absolute Gasteiger partial charge is 0.457 e. The normalized spacial score (nSPS) is 10.6. The number of carbonyl (C=O) groups excluding carboxylic acids is 2. The Balaban J connectivity index is 2.07. The number of nitrogens with two attached hydrogens (primary N) is 1. The Kier molecular flexibility index (Phi) is 6.70. The Morgan fingerprint density at radius 1 is 1.04 bits per heavy atom. The molecular formula is C19H21F2N3O3. The molecule has 8 heteroatoms. The maximum Gasteiger partial charge on any atom is 0.319 e. The summed E-state index contributed by atoms with van der Waals surface area (Å²) in [7, 11) is 0. The van der Waals surface area contributed by atoms with E-state index in [0.29, 0.717) is 0 Å². The van der Waals surface area contributed by atoms with Crippen molar-refractivity contribution < 1.29 is 23.1 Å². The van der Waals surface area contributed by atoms with Gasteiger partial charge in [0.1, 0.15) is 23.1 Å². The van der Waals surface area contributed by atoms with E-state index in [1.54, 1.807) is 0 Å². The average molecular weight is 377 g/mol. The van der Waals surface area contributed by atoms with Gasteiger partial charge in [-0.1, -0.05) is 13.8 Å². The predicted octanol–water partition coefficient (Wildman–Crippen LogP) is 4.17. The Hall–Kier alpha value is -3.16. The maximum atomic E-state index is 14.2. The van der Waals surface area contributed by atoms with Crippen molar-refractivity contribution in [1.82, 2.24) is 5.32 Å². The molecule has 144 valence electrons. The minimum atomic E-state index is -0.896. The van der Waals surface area contributed by atoms with E-state index in [1.807, 2.05) is 13.8 Å². The van der Waals surface area contributed by atoms with Crippen LogP contribution in [-0.4, -0.2) is 18.0 Å². The van der Waals surface area contributed by atoms with Crippen LogP contribution in [0.3, 0.4) is 0 Å². The molecular weight excluding hydrogens is 356 g/mol. The summed E-state index contributed by atoms with van der Waals surface area (Å²) in [6, 6.07) is 6.84. The van der Waals surface area contributed by atoms with Gasteiger partial charge >= 0.3 is 6.03 Å². The first-order chi connectivity index (χ1) is 12.8. The smallest absolute Gasteiger partial charge is 0.319 e. The molecule has 0 heterocycles. The van der Waals surface area contributed by atoms with Crippen LogP contribution in [0.15, 0.2) is 36.4 Å². The van der Waals surface area contributed by atoms with Crippen LogP contribution in [-0.2, 0) is 0 Å². The summed E-state index contributed by atoms with van der Waals surface area (Å²) in [5, 5.41) is 5.18. The number of amides is 3. The number of benzene rings is 2. The number of primary amides is 1. The molecule has 2 aromatic carbocycles. The van der Waals surface area contributed by atoms with Crippen molar-refractivity contribution >= 4 is 17.6 Å². The van der Waals surface area contributed by atoms with Crippen molar-refractivity contribution in [2.24, 2.45) is 5.73 Å². The first-order valence-electron chi connectivity index (χ1n) is 8.48. The van der Waals surface area contributed by atoms with E-state index in [1.165, 1.54) is 24.3 Å². The molecule has 0 saturated heterocycles. The molecule has 4 N–H and O–H groups in total. The number of carbonyl (C=O) groups is 2. The van der Waals surface area contributed by atoms with Crippen LogP contribution in [0.5, 0.6) is 11.5 Å². The van der Waals surface area contributed by atoms with Crippen molar-refractivity contribution in [3.05, 3.63) is 53.6 Å². The Bertz CT molecular complexity index is 839. The molecule has 2 aromatic rings. The summed E-state index contributed by atoms with van der Waals surface area (Å²) in [6.07, 6.45) is 1.54. The minimum absolute atomic E-state index is 0.00828. The van der Waals surface area contributed by atoms with Crippen molar-refractivity contribution in [2.75, 3.05) is 5.32 Å². The zero-order valence-electron chi connectivity index (χ0n) is 15.0. The molecule has 0 radical (unpaired) electrons. The molecule has 0 aromatic heterocycles. The fourth-order valence-electron chi connectivity index (χ4n) is 2.39. The van der Waals surface area contributed by atoms with Gasteiger partial charge in [0, 0.05) is 18.2 Å². The van der Waals surface area contributed by atoms with Gasteiger partial charge in [-0.25, -0.2) is 13.6 Å². The van der Waals surface area contributed by atoms with Crippen LogP contribution < -0.4 is 21.1 Å². The average Bonchev–Trinajstić information content (AvgIpc) is 2.61. The van der Waals surface area contributed by atoms with Crippen molar-refractivity contribution in [2.45, 2.75) is 32.7 Å². The Labute approximate surface area is 155 Å². The summed E-state index contributed by atoms with van der Waals surface area (Å²) in [5.74, 6) is -2.26. The van der Waals surface area contributed by atoms with Gasteiger partial charge in [0.2, 0.25) is 0 Å². The molecule has 0 saturated carbocycles. The van der Waals surface area contributed by atoms with Gasteiger partial charge in [-0.3, -0.25) is 4.79 Å². The Morgan fingerprint density at radius 2 is 1.63 bits per heavy atom. The van der Waals surface area contributed by atoms with Crippen LogP contribution in [0.25, 0.3) is 0 Å². The lowest BCUT2D eigenvalue weighted by molar-refractivity contribution is 0.0996. The lowest BCUT2D eigenvalue weighted by Crippen LogP contribution is -2.37. The molecule has 0 aliphatic carbocycles. The van der Waals surface area contributed by atoms with Crippen LogP contribution in [0, 0.1) is 11.6 Å². The highest BCUT2D eigenvalue weighted by atomic mass is 19.1. The van der Waals surface area contributed by atoms with E-state index in [0.717, 1.165) is 25.0 Å². The summed E-state index contributed by atoms with van der Waals surface area (Å²) in [5.41, 5.74) is 4.75. The first kappa shape index (κ1) is 20.2. The molecule has 0 aliphatic heterocycles. The molecule has 6 nitrogen and oxygen atoms in total. The lowest BCUT2D eigenvalue weighted by Gasteiger charge is -2.16. The number of hydrogen-bond donors (Lipinski definition) is 3. The van der Waals surface area contributed by atoms with Crippen LogP contribution in [0.1, 0.15) is 37.0 Å². The van der Waals surface area contributed by atoms with Crippen molar-refractivity contribution in [3.63, 3.8) is 0 Å².